The molecule has 3 heterocycles. The number of aromatic nitrogens is 5. The van der Waals surface area contributed by atoms with Crippen LogP contribution in [0.1, 0.15) is 5.69 Å². The molecule has 24 heavy (non-hydrogen) atoms. The predicted octanol–water partition coefficient (Wildman–Crippen LogP) is 3.31. The van der Waals surface area contributed by atoms with Crippen molar-refractivity contribution in [2.45, 2.75) is 6.92 Å². The topological polar surface area (TPSA) is 77.2 Å². The van der Waals surface area contributed by atoms with E-state index in [-0.39, 0.29) is 0 Å². The van der Waals surface area contributed by atoms with Crippen molar-refractivity contribution in [3.05, 3.63) is 47.7 Å². The molecule has 1 aromatic carbocycles. The van der Waals surface area contributed by atoms with Crippen LogP contribution in [0.2, 0.25) is 0 Å². The van der Waals surface area contributed by atoms with Gasteiger partial charge in [-0.2, -0.15) is 4.98 Å². The largest absolute Gasteiger partial charge is 0.497 e. The first-order valence-corrected chi connectivity index (χ1v) is 8.15. The fraction of sp³-hybridized carbons (Fsp3) is 0.125. The average Bonchev–Trinajstić information content (AvgIpc) is 3.15. The predicted molar refractivity (Wildman–Crippen MR) is 92.9 cm³/mol. The molecule has 0 spiro atoms. The van der Waals surface area contributed by atoms with Crippen molar-refractivity contribution in [2.24, 2.45) is 0 Å². The number of hydrogen-bond acceptors (Lipinski definition) is 7. The number of methoxy groups -OCH3 is 1. The molecule has 120 valence electrons. The molecular weight excluding hydrogens is 324 g/mol. The molecule has 4 aromatic rings. The summed E-state index contributed by atoms with van der Waals surface area (Å²) in [6.45, 7) is 1.91. The summed E-state index contributed by atoms with van der Waals surface area (Å²) in [6, 6.07) is 9.71. The Hall–Kier alpha value is -3.00. The monoisotopic (exact) mass is 338 g/mol. The molecule has 0 bridgehead atoms. The van der Waals surface area contributed by atoms with Gasteiger partial charge in [-0.05, 0) is 19.1 Å². The quantitative estimate of drug-likeness (QED) is 0.615. The number of benzene rings is 1. The van der Waals surface area contributed by atoms with E-state index in [2.05, 4.69) is 25.4 Å². The molecule has 8 heteroatoms. The lowest BCUT2D eigenvalue weighted by Crippen LogP contribution is -1.97. The van der Waals surface area contributed by atoms with Gasteiger partial charge in [0.25, 0.3) is 0 Å². The minimum absolute atomic E-state index is 0.504. The number of nitrogens with zero attached hydrogens (tertiary/aromatic N) is 5. The lowest BCUT2D eigenvalue weighted by Gasteiger charge is -2.03. The Morgan fingerprint density at radius 2 is 2.12 bits per heavy atom. The van der Waals surface area contributed by atoms with Crippen molar-refractivity contribution in [1.29, 1.82) is 0 Å². The second kappa shape index (κ2) is 5.89. The van der Waals surface area contributed by atoms with E-state index in [1.54, 1.807) is 7.11 Å². The van der Waals surface area contributed by atoms with Gasteiger partial charge >= 0.3 is 0 Å². The third-order valence-electron chi connectivity index (χ3n) is 3.49. The minimum Gasteiger partial charge on any atom is -0.497 e. The number of ether oxygens (including phenoxy) is 1. The van der Waals surface area contributed by atoms with E-state index in [0.29, 0.717) is 11.8 Å². The lowest BCUT2D eigenvalue weighted by atomic mass is 10.2. The molecule has 0 aliphatic heterocycles. The number of aryl methyl sites for hydroxylation is 1. The van der Waals surface area contributed by atoms with Crippen LogP contribution in [0.5, 0.6) is 5.75 Å². The third kappa shape index (κ3) is 2.67. The normalized spacial score (nSPS) is 10.9. The molecule has 0 fully saturated rings. The summed E-state index contributed by atoms with van der Waals surface area (Å²) in [5.74, 6) is 1.98. The van der Waals surface area contributed by atoms with Gasteiger partial charge in [-0.15, -0.1) is 16.4 Å². The minimum atomic E-state index is 0.504. The van der Waals surface area contributed by atoms with Crippen LogP contribution in [0.4, 0.5) is 11.8 Å². The first kappa shape index (κ1) is 14.6. The maximum absolute atomic E-state index is 5.29. The van der Waals surface area contributed by atoms with Crippen LogP contribution < -0.4 is 10.1 Å². The van der Waals surface area contributed by atoms with Gasteiger partial charge in [-0.3, -0.25) is 0 Å². The zero-order valence-electron chi connectivity index (χ0n) is 13.1. The van der Waals surface area contributed by atoms with Crippen LogP contribution in [0, 0.1) is 6.92 Å². The summed E-state index contributed by atoms with van der Waals surface area (Å²) < 4.78 is 7.11. The third-order valence-corrected chi connectivity index (χ3v) is 4.31. The van der Waals surface area contributed by atoms with Crippen LogP contribution in [-0.4, -0.2) is 31.7 Å². The highest BCUT2D eigenvalue weighted by Gasteiger charge is 2.12. The maximum atomic E-state index is 5.29. The van der Waals surface area contributed by atoms with Crippen LogP contribution in [0.3, 0.4) is 0 Å². The van der Waals surface area contributed by atoms with Gasteiger partial charge < -0.3 is 10.1 Å². The van der Waals surface area contributed by atoms with Crippen molar-refractivity contribution in [3.8, 4) is 17.0 Å². The van der Waals surface area contributed by atoms with Crippen LogP contribution in [0.25, 0.3) is 16.2 Å². The summed E-state index contributed by atoms with van der Waals surface area (Å²) in [7, 11) is 1.66. The zero-order valence-corrected chi connectivity index (χ0v) is 13.9. The highest BCUT2D eigenvalue weighted by atomic mass is 32.1. The second-order valence-corrected chi connectivity index (χ2v) is 5.99. The Bertz CT molecular complexity index is 1010. The molecule has 0 radical (unpaired) electrons. The molecule has 0 unspecified atom stereocenters. The van der Waals surface area contributed by atoms with E-state index in [1.165, 1.54) is 17.7 Å². The van der Waals surface area contributed by atoms with E-state index in [1.807, 2.05) is 47.2 Å². The molecule has 3 aromatic heterocycles. The van der Waals surface area contributed by atoms with E-state index >= 15 is 0 Å². The molecule has 0 amide bonds. The van der Waals surface area contributed by atoms with Gasteiger partial charge in [0, 0.05) is 22.7 Å². The fourth-order valence-electron chi connectivity index (χ4n) is 2.35. The summed E-state index contributed by atoms with van der Waals surface area (Å²) in [6.07, 6.45) is 1.51. The summed E-state index contributed by atoms with van der Waals surface area (Å²) >= 11 is 1.53. The molecule has 1 N–H and O–H groups in total. The van der Waals surface area contributed by atoms with Gasteiger partial charge in [0.05, 0.1) is 12.8 Å². The maximum Gasteiger partial charge on any atom is 0.249 e. The molecule has 0 atom stereocenters. The molecule has 0 saturated carbocycles. The Kier molecular flexibility index (Phi) is 3.58. The molecule has 4 rings (SSSR count). The molecule has 0 saturated heterocycles. The summed E-state index contributed by atoms with van der Waals surface area (Å²) in [5.41, 5.74) is 2.87. The standard InChI is InChI=1S/C16H14N6OS/c1-10-6-14(18-9-17-10)19-15-20-16-22(21-15)13(8-24-16)11-4-3-5-12(7-11)23-2/h3-9H,1-2H3,(H,17,18,19,21). The van der Waals surface area contributed by atoms with Crippen LogP contribution in [0.15, 0.2) is 42.0 Å². The van der Waals surface area contributed by atoms with Crippen molar-refractivity contribution in [3.63, 3.8) is 0 Å². The van der Waals surface area contributed by atoms with Crippen molar-refractivity contribution in [1.82, 2.24) is 24.6 Å². The fourth-order valence-corrected chi connectivity index (χ4v) is 3.18. The number of anilines is 2. The highest BCUT2D eigenvalue weighted by Crippen LogP contribution is 2.28. The first-order chi connectivity index (χ1) is 11.7. The SMILES string of the molecule is COc1cccc(-c2csc3nc(Nc4cc(C)ncn4)nn23)c1. The lowest BCUT2D eigenvalue weighted by molar-refractivity contribution is 0.415. The van der Waals surface area contributed by atoms with Gasteiger partial charge in [-0.1, -0.05) is 12.1 Å². The van der Waals surface area contributed by atoms with Crippen molar-refractivity contribution < 1.29 is 4.74 Å². The Morgan fingerprint density at radius 3 is 2.96 bits per heavy atom. The van der Waals surface area contributed by atoms with E-state index in [4.69, 9.17) is 4.74 Å². The van der Waals surface area contributed by atoms with Crippen LogP contribution in [-0.2, 0) is 0 Å². The number of nitrogens with one attached hydrogen (secondary N) is 1. The molecule has 7 nitrogen and oxygen atoms in total. The summed E-state index contributed by atoms with van der Waals surface area (Å²) in [4.78, 5) is 13.5. The van der Waals surface area contributed by atoms with E-state index in [9.17, 15) is 0 Å². The van der Waals surface area contributed by atoms with E-state index < -0.39 is 0 Å². The van der Waals surface area contributed by atoms with Gasteiger partial charge in [-0.25, -0.2) is 14.5 Å². The van der Waals surface area contributed by atoms with Crippen LogP contribution >= 0.6 is 11.3 Å². The Morgan fingerprint density at radius 1 is 1.21 bits per heavy atom. The molecule has 0 aliphatic carbocycles. The Balaban J connectivity index is 1.70. The second-order valence-electron chi connectivity index (χ2n) is 5.15. The number of fused-ring (bicyclic) bond motifs is 1. The van der Waals surface area contributed by atoms with Crippen molar-refractivity contribution in [2.75, 3.05) is 12.4 Å². The zero-order chi connectivity index (χ0) is 16.5. The summed E-state index contributed by atoms with van der Waals surface area (Å²) in [5, 5.41) is 9.67. The van der Waals surface area contributed by atoms with E-state index in [0.717, 1.165) is 27.7 Å². The number of rotatable bonds is 4. The first-order valence-electron chi connectivity index (χ1n) is 7.27. The van der Waals surface area contributed by atoms with Gasteiger partial charge in [0.2, 0.25) is 10.9 Å². The highest BCUT2D eigenvalue weighted by molar-refractivity contribution is 7.15. The number of thiazole rings is 1. The Labute approximate surface area is 142 Å². The van der Waals surface area contributed by atoms with Crippen molar-refractivity contribution >= 4 is 28.1 Å². The number of hydrogen-bond donors (Lipinski definition) is 1. The smallest absolute Gasteiger partial charge is 0.249 e. The van der Waals surface area contributed by atoms with Gasteiger partial charge in [0.15, 0.2) is 0 Å². The van der Waals surface area contributed by atoms with Gasteiger partial charge in [0.1, 0.15) is 17.9 Å². The average molecular weight is 338 g/mol. The molecule has 0 aliphatic rings. The molecular formula is C16H14N6OS.